The van der Waals surface area contributed by atoms with Crippen molar-refractivity contribution in [2.24, 2.45) is 0 Å². The van der Waals surface area contributed by atoms with Gasteiger partial charge in [0, 0.05) is 11.3 Å². The molecule has 0 aliphatic heterocycles. The number of rotatable bonds is 10. The minimum absolute atomic E-state index is 0.129. The van der Waals surface area contributed by atoms with Crippen LogP contribution < -0.4 is 20.2 Å². The number of amides is 1. The molecule has 3 aromatic carbocycles. The molecule has 0 saturated heterocycles. The molecule has 0 aliphatic carbocycles. The predicted octanol–water partition coefficient (Wildman–Crippen LogP) is 5.08. The van der Waals surface area contributed by atoms with E-state index in [4.69, 9.17) is 21.7 Å². The lowest BCUT2D eigenvalue weighted by molar-refractivity contribution is -0.118. The summed E-state index contributed by atoms with van der Waals surface area (Å²) >= 11 is 5.39. The molecule has 1 amide bonds. The molecule has 180 valence electrons. The number of H-pyrrole nitrogens is 1. The Balaban J connectivity index is 1.41. The average molecular weight is 490 g/mol. The van der Waals surface area contributed by atoms with Gasteiger partial charge >= 0.3 is 0 Å². The Kier molecular flexibility index (Phi) is 7.79. The molecule has 0 fully saturated rings. The van der Waals surface area contributed by atoms with Crippen LogP contribution in [-0.2, 0) is 11.3 Å². The number of anilines is 1. The predicted molar refractivity (Wildman–Crippen MR) is 139 cm³/mol. The maximum Gasteiger partial charge on any atom is 0.262 e. The third-order valence-electron chi connectivity index (χ3n) is 5.15. The number of carbonyl (C=O) groups is 1. The van der Waals surface area contributed by atoms with Gasteiger partial charge in [0.15, 0.2) is 23.9 Å². The Hall–Kier alpha value is -4.11. The third kappa shape index (κ3) is 6.27. The molecule has 0 unspecified atom stereocenters. The summed E-state index contributed by atoms with van der Waals surface area (Å²) in [5, 5.41) is 9.99. The summed E-state index contributed by atoms with van der Waals surface area (Å²) < 4.78 is 13.7. The molecule has 1 aromatic heterocycles. The lowest BCUT2D eigenvalue weighted by Crippen LogP contribution is -2.20. The molecule has 0 radical (unpaired) electrons. The molecule has 0 spiro atoms. The van der Waals surface area contributed by atoms with Gasteiger partial charge in [-0.15, -0.1) is 0 Å². The van der Waals surface area contributed by atoms with Crippen LogP contribution >= 0.6 is 12.2 Å². The Bertz CT molecular complexity index is 1330. The van der Waals surface area contributed by atoms with Crippen molar-refractivity contribution in [3.63, 3.8) is 0 Å². The fraction of sp³-hybridized carbons (Fsp3) is 0.192. The van der Waals surface area contributed by atoms with E-state index in [2.05, 4.69) is 20.9 Å². The number of aromatic amines is 1. The zero-order chi connectivity index (χ0) is 24.6. The van der Waals surface area contributed by atoms with Gasteiger partial charge < -0.3 is 20.2 Å². The van der Waals surface area contributed by atoms with Crippen molar-refractivity contribution in [2.75, 3.05) is 24.0 Å². The van der Waals surface area contributed by atoms with Crippen molar-refractivity contribution in [1.29, 1.82) is 0 Å². The maximum atomic E-state index is 12.3. The lowest BCUT2D eigenvalue weighted by atomic mass is 10.2. The molecule has 0 bridgehead atoms. The summed E-state index contributed by atoms with van der Waals surface area (Å²) in [5.41, 5.74) is 7.05. The molecule has 4 rings (SSSR count). The highest BCUT2D eigenvalue weighted by Gasteiger charge is 2.12. The molecule has 1 heterocycles. The highest BCUT2D eigenvalue weighted by Crippen LogP contribution is 2.29. The number of aryl methyl sites for hydroxylation is 1. The van der Waals surface area contributed by atoms with Crippen LogP contribution in [0, 0.1) is 11.7 Å². The van der Waals surface area contributed by atoms with E-state index in [9.17, 15) is 4.79 Å². The van der Waals surface area contributed by atoms with Gasteiger partial charge in [-0.25, -0.2) is 9.77 Å². The molecule has 4 aromatic rings. The van der Waals surface area contributed by atoms with Crippen molar-refractivity contribution >= 4 is 23.8 Å². The van der Waals surface area contributed by atoms with E-state index < -0.39 is 0 Å². The minimum Gasteiger partial charge on any atom is -0.490 e. The zero-order valence-electron chi connectivity index (χ0n) is 19.6. The van der Waals surface area contributed by atoms with Gasteiger partial charge in [-0.1, -0.05) is 54.1 Å². The van der Waals surface area contributed by atoms with Gasteiger partial charge in [0.2, 0.25) is 4.77 Å². The SMILES string of the molecule is CCOc1cc(CNn2c(-c3ccccc3)n[nH]c2=S)ccc1OCC(=O)Nc1ccc(C)cc1. The van der Waals surface area contributed by atoms with Crippen LogP contribution in [-0.4, -0.2) is 34.0 Å². The van der Waals surface area contributed by atoms with E-state index in [1.807, 2.05) is 80.6 Å². The first-order valence-electron chi connectivity index (χ1n) is 11.2. The van der Waals surface area contributed by atoms with Crippen molar-refractivity contribution in [2.45, 2.75) is 20.4 Å². The number of hydrogen-bond donors (Lipinski definition) is 3. The number of nitrogens with one attached hydrogen (secondary N) is 3. The Labute approximate surface area is 208 Å². The summed E-state index contributed by atoms with van der Waals surface area (Å²) in [6.45, 7) is 4.71. The average Bonchev–Trinajstić information content (AvgIpc) is 3.24. The van der Waals surface area contributed by atoms with Crippen LogP contribution in [0.4, 0.5) is 5.69 Å². The molecule has 8 nitrogen and oxygen atoms in total. The van der Waals surface area contributed by atoms with Crippen LogP contribution in [0.5, 0.6) is 11.5 Å². The van der Waals surface area contributed by atoms with E-state index >= 15 is 0 Å². The second-order valence-corrected chi connectivity index (χ2v) is 8.19. The number of hydrogen-bond acceptors (Lipinski definition) is 6. The second-order valence-electron chi connectivity index (χ2n) is 7.81. The Morgan fingerprint density at radius 1 is 1.03 bits per heavy atom. The molecule has 0 aliphatic rings. The monoisotopic (exact) mass is 489 g/mol. The van der Waals surface area contributed by atoms with Crippen LogP contribution in [0.1, 0.15) is 18.1 Å². The van der Waals surface area contributed by atoms with E-state index in [1.165, 1.54) is 0 Å². The lowest BCUT2D eigenvalue weighted by Gasteiger charge is -2.15. The summed E-state index contributed by atoms with van der Waals surface area (Å²) in [7, 11) is 0. The number of nitrogens with zero attached hydrogens (tertiary/aromatic N) is 2. The van der Waals surface area contributed by atoms with E-state index in [0.29, 0.717) is 35.2 Å². The number of benzene rings is 3. The number of aromatic nitrogens is 3. The molecule has 3 N–H and O–H groups in total. The fourth-order valence-electron chi connectivity index (χ4n) is 3.42. The normalized spacial score (nSPS) is 10.6. The molecular formula is C26H27N5O3S. The zero-order valence-corrected chi connectivity index (χ0v) is 20.4. The summed E-state index contributed by atoms with van der Waals surface area (Å²) in [4.78, 5) is 12.3. The van der Waals surface area contributed by atoms with Crippen molar-refractivity contribution in [3.05, 3.63) is 88.7 Å². The minimum atomic E-state index is -0.246. The van der Waals surface area contributed by atoms with Crippen LogP contribution in [0.15, 0.2) is 72.8 Å². The van der Waals surface area contributed by atoms with Gasteiger partial charge in [-0.3, -0.25) is 4.79 Å². The van der Waals surface area contributed by atoms with Gasteiger partial charge in [0.05, 0.1) is 13.2 Å². The fourth-order valence-corrected chi connectivity index (χ4v) is 3.62. The van der Waals surface area contributed by atoms with E-state index in [0.717, 1.165) is 22.4 Å². The van der Waals surface area contributed by atoms with Gasteiger partial charge in [-0.2, -0.15) is 5.10 Å². The van der Waals surface area contributed by atoms with Gasteiger partial charge in [0.1, 0.15) is 0 Å². The summed E-state index contributed by atoms with van der Waals surface area (Å²) in [5.74, 6) is 1.51. The third-order valence-corrected chi connectivity index (χ3v) is 5.42. The molecular weight excluding hydrogens is 462 g/mol. The second kappa shape index (κ2) is 11.3. The standard InChI is InChI=1S/C26H27N5O3S/c1-3-33-23-15-19(16-27-31-25(29-30-26(31)35)20-7-5-4-6-8-20)11-14-22(23)34-17-24(32)28-21-12-9-18(2)10-13-21/h4-15,27H,3,16-17H2,1-2H3,(H,28,32)(H,30,35). The Morgan fingerprint density at radius 3 is 2.54 bits per heavy atom. The van der Waals surface area contributed by atoms with Crippen LogP contribution in [0.2, 0.25) is 0 Å². The summed E-state index contributed by atoms with van der Waals surface area (Å²) in [6, 6.07) is 23.0. The highest BCUT2D eigenvalue weighted by molar-refractivity contribution is 7.71. The first kappa shape index (κ1) is 24.0. The first-order valence-corrected chi connectivity index (χ1v) is 11.7. The first-order chi connectivity index (χ1) is 17.0. The topological polar surface area (TPSA) is 93.2 Å². The molecule has 0 atom stereocenters. The van der Waals surface area contributed by atoms with E-state index in [-0.39, 0.29) is 12.5 Å². The quantitative estimate of drug-likeness (QED) is 0.269. The van der Waals surface area contributed by atoms with Crippen LogP contribution in [0.25, 0.3) is 11.4 Å². The highest BCUT2D eigenvalue weighted by atomic mass is 32.1. The van der Waals surface area contributed by atoms with Crippen LogP contribution in [0.3, 0.4) is 0 Å². The number of ether oxygens (including phenoxy) is 2. The maximum absolute atomic E-state index is 12.3. The Morgan fingerprint density at radius 2 is 1.80 bits per heavy atom. The summed E-state index contributed by atoms with van der Waals surface area (Å²) in [6.07, 6.45) is 0. The van der Waals surface area contributed by atoms with Gasteiger partial charge in [-0.05, 0) is 55.9 Å². The largest absolute Gasteiger partial charge is 0.490 e. The molecule has 0 saturated carbocycles. The smallest absolute Gasteiger partial charge is 0.262 e. The van der Waals surface area contributed by atoms with Gasteiger partial charge in [0.25, 0.3) is 5.91 Å². The van der Waals surface area contributed by atoms with E-state index in [1.54, 1.807) is 10.7 Å². The number of carbonyl (C=O) groups excluding carboxylic acids is 1. The van der Waals surface area contributed by atoms with Crippen molar-refractivity contribution in [1.82, 2.24) is 14.9 Å². The van der Waals surface area contributed by atoms with Crippen molar-refractivity contribution < 1.29 is 14.3 Å². The molecule has 35 heavy (non-hydrogen) atoms. The molecule has 9 heteroatoms. The van der Waals surface area contributed by atoms with Crippen molar-refractivity contribution in [3.8, 4) is 22.9 Å².